The molecule has 0 amide bonds. The molecule has 3 rings (SSSR count). The summed E-state index contributed by atoms with van der Waals surface area (Å²) in [6.07, 6.45) is 3.41. The molecule has 1 aliphatic rings. The van der Waals surface area contributed by atoms with E-state index in [1.54, 1.807) is 19.2 Å². The number of methoxy groups -OCH3 is 1. The summed E-state index contributed by atoms with van der Waals surface area (Å²) in [6.45, 7) is 0.680. The Morgan fingerprint density at radius 1 is 1.24 bits per heavy atom. The highest BCUT2D eigenvalue weighted by atomic mass is 19.1. The lowest BCUT2D eigenvalue weighted by Gasteiger charge is -2.27. The Morgan fingerprint density at radius 3 is 2.95 bits per heavy atom. The molecule has 0 saturated heterocycles. The van der Waals surface area contributed by atoms with Crippen molar-refractivity contribution in [3.63, 3.8) is 0 Å². The van der Waals surface area contributed by atoms with Gasteiger partial charge in [0.1, 0.15) is 11.6 Å². The number of halogens is 1. The van der Waals surface area contributed by atoms with Gasteiger partial charge in [0, 0.05) is 12.6 Å². The largest absolute Gasteiger partial charge is 0.497 e. The third-order valence-electron chi connectivity index (χ3n) is 4.11. The van der Waals surface area contributed by atoms with Gasteiger partial charge in [-0.2, -0.15) is 0 Å². The summed E-state index contributed by atoms with van der Waals surface area (Å²) in [5.74, 6) is 0.716. The van der Waals surface area contributed by atoms with Crippen LogP contribution in [0.1, 0.15) is 35.6 Å². The van der Waals surface area contributed by atoms with Crippen LogP contribution in [0.4, 0.5) is 4.39 Å². The second-order valence-corrected chi connectivity index (χ2v) is 5.52. The lowest BCUT2D eigenvalue weighted by Crippen LogP contribution is -2.25. The number of aryl methyl sites for hydroxylation is 1. The Morgan fingerprint density at radius 2 is 2.14 bits per heavy atom. The molecule has 2 aromatic carbocycles. The minimum Gasteiger partial charge on any atom is -0.497 e. The SMILES string of the molecule is COc1ccc2c(c1)C(NCc1cccc(F)c1)CCC2. The number of fused-ring (bicyclic) bond motifs is 1. The predicted molar refractivity (Wildman–Crippen MR) is 81.9 cm³/mol. The molecule has 1 N–H and O–H groups in total. The fourth-order valence-electron chi connectivity index (χ4n) is 3.00. The average Bonchev–Trinajstić information content (AvgIpc) is 2.52. The quantitative estimate of drug-likeness (QED) is 0.916. The van der Waals surface area contributed by atoms with Crippen LogP contribution in [-0.4, -0.2) is 7.11 Å². The second kappa shape index (κ2) is 6.27. The fourth-order valence-corrected chi connectivity index (χ4v) is 3.00. The van der Waals surface area contributed by atoms with Gasteiger partial charge in [0.15, 0.2) is 0 Å². The molecule has 0 bridgehead atoms. The van der Waals surface area contributed by atoms with Gasteiger partial charge in [0.05, 0.1) is 7.11 Å². The van der Waals surface area contributed by atoms with Crippen LogP contribution in [0.3, 0.4) is 0 Å². The summed E-state index contributed by atoms with van der Waals surface area (Å²) in [5, 5.41) is 3.55. The standard InChI is InChI=1S/C18H20FNO/c1-21-16-9-8-14-5-3-7-18(17(14)11-16)20-12-13-4-2-6-15(19)10-13/h2,4,6,8-11,18,20H,3,5,7,12H2,1H3. The lowest BCUT2D eigenvalue weighted by atomic mass is 9.87. The van der Waals surface area contributed by atoms with E-state index in [2.05, 4.69) is 17.4 Å². The van der Waals surface area contributed by atoms with Gasteiger partial charge in [-0.05, 0) is 60.2 Å². The van der Waals surface area contributed by atoms with Crippen molar-refractivity contribution < 1.29 is 9.13 Å². The Hall–Kier alpha value is -1.87. The van der Waals surface area contributed by atoms with Gasteiger partial charge in [-0.3, -0.25) is 0 Å². The molecule has 0 spiro atoms. The molecule has 3 heteroatoms. The molecular formula is C18H20FNO. The number of hydrogen-bond acceptors (Lipinski definition) is 2. The second-order valence-electron chi connectivity index (χ2n) is 5.52. The van der Waals surface area contributed by atoms with Gasteiger partial charge in [0.2, 0.25) is 0 Å². The molecule has 1 atom stereocenters. The van der Waals surface area contributed by atoms with Crippen LogP contribution < -0.4 is 10.1 Å². The molecule has 0 saturated carbocycles. The highest BCUT2D eigenvalue weighted by Crippen LogP contribution is 2.32. The van der Waals surface area contributed by atoms with E-state index in [0.29, 0.717) is 12.6 Å². The molecule has 0 aromatic heterocycles. The third-order valence-corrected chi connectivity index (χ3v) is 4.11. The zero-order chi connectivity index (χ0) is 14.7. The van der Waals surface area contributed by atoms with Gasteiger partial charge >= 0.3 is 0 Å². The Balaban J connectivity index is 1.75. The van der Waals surface area contributed by atoms with Crippen molar-refractivity contribution in [2.75, 3.05) is 7.11 Å². The van der Waals surface area contributed by atoms with E-state index in [1.165, 1.54) is 23.6 Å². The molecule has 0 heterocycles. The maximum Gasteiger partial charge on any atom is 0.123 e. The summed E-state index contributed by atoms with van der Waals surface area (Å²) in [5.41, 5.74) is 3.68. The first-order valence-electron chi connectivity index (χ1n) is 7.41. The van der Waals surface area contributed by atoms with Crippen LogP contribution >= 0.6 is 0 Å². The lowest BCUT2D eigenvalue weighted by molar-refractivity contribution is 0.408. The molecular weight excluding hydrogens is 265 g/mol. The minimum atomic E-state index is -0.181. The minimum absolute atomic E-state index is 0.181. The van der Waals surface area contributed by atoms with Crippen molar-refractivity contribution in [3.05, 3.63) is 65.0 Å². The number of hydrogen-bond donors (Lipinski definition) is 1. The monoisotopic (exact) mass is 285 g/mol. The number of rotatable bonds is 4. The van der Waals surface area contributed by atoms with Gasteiger partial charge in [-0.15, -0.1) is 0 Å². The first kappa shape index (κ1) is 14.1. The van der Waals surface area contributed by atoms with Crippen molar-refractivity contribution in [2.24, 2.45) is 0 Å². The number of benzene rings is 2. The zero-order valence-corrected chi connectivity index (χ0v) is 12.2. The first-order valence-corrected chi connectivity index (χ1v) is 7.41. The van der Waals surface area contributed by atoms with E-state index in [9.17, 15) is 4.39 Å². The van der Waals surface area contributed by atoms with Gasteiger partial charge in [0.25, 0.3) is 0 Å². The smallest absolute Gasteiger partial charge is 0.123 e. The molecule has 1 unspecified atom stereocenters. The van der Waals surface area contributed by atoms with Gasteiger partial charge < -0.3 is 10.1 Å². The van der Waals surface area contributed by atoms with Crippen LogP contribution in [0.2, 0.25) is 0 Å². The van der Waals surface area contributed by atoms with E-state index in [4.69, 9.17) is 4.74 Å². The molecule has 2 aromatic rings. The Bertz CT molecular complexity index is 626. The first-order chi connectivity index (χ1) is 10.3. The summed E-state index contributed by atoms with van der Waals surface area (Å²) in [6, 6.07) is 13.4. The highest BCUT2D eigenvalue weighted by Gasteiger charge is 2.20. The summed E-state index contributed by atoms with van der Waals surface area (Å²) >= 11 is 0. The molecule has 2 nitrogen and oxygen atoms in total. The maximum absolute atomic E-state index is 13.2. The average molecular weight is 285 g/mol. The molecule has 110 valence electrons. The van der Waals surface area contributed by atoms with Crippen molar-refractivity contribution >= 4 is 0 Å². The maximum atomic E-state index is 13.2. The topological polar surface area (TPSA) is 21.3 Å². The number of nitrogens with one attached hydrogen (secondary N) is 1. The van der Waals surface area contributed by atoms with Crippen LogP contribution in [0.25, 0.3) is 0 Å². The summed E-state index contributed by atoms with van der Waals surface area (Å²) in [4.78, 5) is 0. The van der Waals surface area contributed by atoms with Crippen LogP contribution in [0.15, 0.2) is 42.5 Å². The normalized spacial score (nSPS) is 17.3. The number of ether oxygens (including phenoxy) is 1. The molecule has 0 radical (unpaired) electrons. The van der Waals surface area contributed by atoms with E-state index in [-0.39, 0.29) is 5.82 Å². The Labute approximate surface area is 125 Å². The van der Waals surface area contributed by atoms with E-state index in [0.717, 1.165) is 24.2 Å². The fraction of sp³-hybridized carbons (Fsp3) is 0.333. The van der Waals surface area contributed by atoms with Crippen LogP contribution in [0.5, 0.6) is 5.75 Å². The van der Waals surface area contributed by atoms with E-state index < -0.39 is 0 Å². The van der Waals surface area contributed by atoms with Gasteiger partial charge in [-0.25, -0.2) is 4.39 Å². The van der Waals surface area contributed by atoms with Gasteiger partial charge in [-0.1, -0.05) is 18.2 Å². The van der Waals surface area contributed by atoms with Crippen molar-refractivity contribution in [1.82, 2.24) is 5.32 Å². The van der Waals surface area contributed by atoms with E-state index in [1.807, 2.05) is 12.1 Å². The summed E-state index contributed by atoms with van der Waals surface area (Å²) < 4.78 is 18.6. The van der Waals surface area contributed by atoms with Crippen molar-refractivity contribution in [3.8, 4) is 5.75 Å². The molecule has 1 aliphatic carbocycles. The third kappa shape index (κ3) is 3.24. The zero-order valence-electron chi connectivity index (χ0n) is 12.2. The van der Waals surface area contributed by atoms with Crippen molar-refractivity contribution in [1.29, 1.82) is 0 Å². The van der Waals surface area contributed by atoms with Crippen molar-refractivity contribution in [2.45, 2.75) is 31.8 Å². The van der Waals surface area contributed by atoms with E-state index >= 15 is 0 Å². The van der Waals surface area contributed by atoms with Crippen LogP contribution in [0, 0.1) is 5.82 Å². The molecule has 0 fully saturated rings. The summed E-state index contributed by atoms with van der Waals surface area (Å²) in [7, 11) is 1.69. The predicted octanol–water partition coefficient (Wildman–Crippen LogP) is 4.00. The highest BCUT2D eigenvalue weighted by molar-refractivity contribution is 5.39. The molecule has 21 heavy (non-hydrogen) atoms. The Kier molecular flexibility index (Phi) is 4.20. The molecule has 0 aliphatic heterocycles. The van der Waals surface area contributed by atoms with Crippen LogP contribution in [-0.2, 0) is 13.0 Å².